The summed E-state index contributed by atoms with van der Waals surface area (Å²) in [4.78, 5) is 2.20. The molecule has 0 aliphatic carbocycles. The average molecular weight is 231 g/mol. The first kappa shape index (κ1) is 13.7. The Bertz CT molecular complexity index is 324. The van der Waals surface area contributed by atoms with Crippen LogP contribution in [0.3, 0.4) is 0 Å². The summed E-state index contributed by atoms with van der Waals surface area (Å²) in [5.41, 5.74) is 0.977. The predicted octanol–water partition coefficient (Wildman–Crippen LogP) is 2.78. The highest BCUT2D eigenvalue weighted by Gasteiger charge is 2.09. The number of nitrogens with zero attached hydrogens (tertiary/aromatic N) is 1. The van der Waals surface area contributed by atoms with E-state index in [9.17, 15) is 5.11 Å². The molecule has 1 rings (SSSR count). The Morgan fingerprint density at radius 2 is 1.71 bits per heavy atom. The molecule has 0 aliphatic heterocycles. The molecule has 2 nitrogen and oxygen atoms in total. The van der Waals surface area contributed by atoms with E-state index in [4.69, 9.17) is 0 Å². The van der Waals surface area contributed by atoms with E-state index in [-0.39, 0.29) is 0 Å². The van der Waals surface area contributed by atoms with Crippen molar-refractivity contribution in [3.63, 3.8) is 0 Å². The van der Waals surface area contributed by atoms with Gasteiger partial charge in [-0.3, -0.25) is 4.90 Å². The van der Waals surface area contributed by atoms with Gasteiger partial charge in [0, 0.05) is 19.6 Å². The summed E-state index contributed by atoms with van der Waals surface area (Å²) < 4.78 is 0. The van der Waals surface area contributed by atoms with Crippen LogP contribution in [0.1, 0.15) is 18.1 Å². The van der Waals surface area contributed by atoms with Gasteiger partial charge in [0.2, 0.25) is 0 Å². The summed E-state index contributed by atoms with van der Waals surface area (Å²) in [6.45, 7) is 9.95. The van der Waals surface area contributed by atoms with E-state index in [1.54, 1.807) is 0 Å². The van der Waals surface area contributed by atoms with Gasteiger partial charge < -0.3 is 5.11 Å². The topological polar surface area (TPSA) is 23.5 Å². The Morgan fingerprint density at radius 3 is 2.24 bits per heavy atom. The van der Waals surface area contributed by atoms with Crippen LogP contribution in [0.4, 0.5) is 0 Å². The van der Waals surface area contributed by atoms with Gasteiger partial charge >= 0.3 is 0 Å². The third-order valence-corrected chi connectivity index (χ3v) is 2.68. The minimum Gasteiger partial charge on any atom is -0.388 e. The van der Waals surface area contributed by atoms with E-state index in [0.717, 1.165) is 31.6 Å². The summed E-state index contributed by atoms with van der Waals surface area (Å²) in [6, 6.07) is 9.76. The van der Waals surface area contributed by atoms with Gasteiger partial charge in [0.15, 0.2) is 0 Å². The molecule has 0 aromatic heterocycles. The van der Waals surface area contributed by atoms with E-state index in [1.807, 2.05) is 42.5 Å². The fourth-order valence-electron chi connectivity index (χ4n) is 1.77. The minimum absolute atomic E-state index is 0.395. The molecule has 0 radical (unpaired) electrons. The van der Waals surface area contributed by atoms with Crippen LogP contribution in [0.2, 0.25) is 0 Å². The van der Waals surface area contributed by atoms with Crippen LogP contribution in [-0.2, 0) is 0 Å². The lowest BCUT2D eigenvalue weighted by Crippen LogP contribution is -2.26. The first-order valence-corrected chi connectivity index (χ1v) is 5.95. The number of hydrogen-bond donors (Lipinski definition) is 1. The molecule has 1 N–H and O–H groups in total. The fraction of sp³-hybridized carbons (Fsp3) is 0.333. The quantitative estimate of drug-likeness (QED) is 0.695. The first-order chi connectivity index (χ1) is 8.27. The van der Waals surface area contributed by atoms with Crippen molar-refractivity contribution in [1.29, 1.82) is 0 Å². The third-order valence-electron chi connectivity index (χ3n) is 2.68. The van der Waals surface area contributed by atoms with Gasteiger partial charge in [-0.2, -0.15) is 0 Å². The molecule has 0 aliphatic rings. The van der Waals surface area contributed by atoms with Crippen LogP contribution in [0.15, 0.2) is 55.6 Å². The number of aliphatic hydroxyl groups excluding tert-OH is 1. The Balaban J connectivity index is 2.43. The number of rotatable bonds is 8. The normalized spacial score (nSPS) is 12.4. The van der Waals surface area contributed by atoms with Crippen molar-refractivity contribution >= 4 is 0 Å². The monoisotopic (exact) mass is 231 g/mol. The van der Waals surface area contributed by atoms with Gasteiger partial charge in [0.1, 0.15) is 0 Å². The Labute approximate surface area is 104 Å². The largest absolute Gasteiger partial charge is 0.388 e. The number of benzene rings is 1. The summed E-state index contributed by atoms with van der Waals surface area (Å²) >= 11 is 0. The molecular formula is C15H21NO. The summed E-state index contributed by atoms with van der Waals surface area (Å²) in [6.07, 6.45) is 4.08. The summed E-state index contributed by atoms with van der Waals surface area (Å²) in [5.74, 6) is 0. The SMILES string of the molecule is C=CCN(CC=C)CC[C@H](O)c1ccccc1. The van der Waals surface area contributed by atoms with Crippen LogP contribution >= 0.6 is 0 Å². The van der Waals surface area contributed by atoms with Crippen molar-refractivity contribution in [2.45, 2.75) is 12.5 Å². The average Bonchev–Trinajstić information content (AvgIpc) is 2.37. The van der Waals surface area contributed by atoms with E-state index in [1.165, 1.54) is 0 Å². The molecule has 0 amide bonds. The highest BCUT2D eigenvalue weighted by atomic mass is 16.3. The molecule has 92 valence electrons. The maximum Gasteiger partial charge on any atom is 0.0802 e. The van der Waals surface area contributed by atoms with Crippen LogP contribution in [0.25, 0.3) is 0 Å². The van der Waals surface area contributed by atoms with Crippen molar-refractivity contribution in [2.24, 2.45) is 0 Å². The van der Waals surface area contributed by atoms with Crippen LogP contribution in [0.5, 0.6) is 0 Å². The van der Waals surface area contributed by atoms with E-state index >= 15 is 0 Å². The molecule has 1 aromatic carbocycles. The smallest absolute Gasteiger partial charge is 0.0802 e. The second kappa shape index (κ2) is 7.82. The van der Waals surface area contributed by atoms with Gasteiger partial charge in [-0.15, -0.1) is 13.2 Å². The van der Waals surface area contributed by atoms with Gasteiger partial charge in [-0.1, -0.05) is 42.5 Å². The van der Waals surface area contributed by atoms with E-state index in [0.29, 0.717) is 0 Å². The first-order valence-electron chi connectivity index (χ1n) is 5.95. The van der Waals surface area contributed by atoms with Crippen molar-refractivity contribution in [1.82, 2.24) is 4.90 Å². The molecule has 2 heteroatoms. The van der Waals surface area contributed by atoms with Gasteiger partial charge in [0.25, 0.3) is 0 Å². The molecule has 0 heterocycles. The highest BCUT2D eigenvalue weighted by molar-refractivity contribution is 5.17. The van der Waals surface area contributed by atoms with Crippen LogP contribution in [0, 0.1) is 0 Å². The Morgan fingerprint density at radius 1 is 1.12 bits per heavy atom. The van der Waals surface area contributed by atoms with Crippen molar-refractivity contribution < 1.29 is 5.11 Å². The minimum atomic E-state index is -0.395. The van der Waals surface area contributed by atoms with E-state index < -0.39 is 6.10 Å². The summed E-state index contributed by atoms with van der Waals surface area (Å²) in [7, 11) is 0. The van der Waals surface area contributed by atoms with Crippen LogP contribution < -0.4 is 0 Å². The molecule has 0 saturated carbocycles. The lowest BCUT2D eigenvalue weighted by Gasteiger charge is -2.20. The zero-order valence-electron chi connectivity index (χ0n) is 10.3. The number of hydrogen-bond acceptors (Lipinski definition) is 2. The second-order valence-corrected chi connectivity index (χ2v) is 4.05. The maximum absolute atomic E-state index is 10.0. The summed E-state index contributed by atoms with van der Waals surface area (Å²) in [5, 5.41) is 10.0. The zero-order chi connectivity index (χ0) is 12.5. The van der Waals surface area contributed by atoms with Gasteiger partial charge in [0.05, 0.1) is 6.10 Å². The second-order valence-electron chi connectivity index (χ2n) is 4.05. The lowest BCUT2D eigenvalue weighted by molar-refractivity contribution is 0.148. The maximum atomic E-state index is 10.0. The molecule has 17 heavy (non-hydrogen) atoms. The van der Waals surface area contributed by atoms with Gasteiger partial charge in [-0.25, -0.2) is 0 Å². The van der Waals surface area contributed by atoms with Crippen molar-refractivity contribution in [3.8, 4) is 0 Å². The van der Waals surface area contributed by atoms with E-state index in [2.05, 4.69) is 18.1 Å². The van der Waals surface area contributed by atoms with Crippen molar-refractivity contribution in [3.05, 3.63) is 61.2 Å². The molecular weight excluding hydrogens is 210 g/mol. The predicted molar refractivity (Wildman–Crippen MR) is 72.9 cm³/mol. The fourth-order valence-corrected chi connectivity index (χ4v) is 1.77. The number of aliphatic hydroxyl groups is 1. The molecule has 0 saturated heterocycles. The van der Waals surface area contributed by atoms with Crippen molar-refractivity contribution in [2.75, 3.05) is 19.6 Å². The molecule has 0 spiro atoms. The highest BCUT2D eigenvalue weighted by Crippen LogP contribution is 2.16. The molecule has 1 atom stereocenters. The molecule has 0 fully saturated rings. The molecule has 0 unspecified atom stereocenters. The lowest BCUT2D eigenvalue weighted by atomic mass is 10.1. The standard InChI is InChI=1S/C15H21NO/c1-3-11-16(12-4-2)13-10-15(17)14-8-6-5-7-9-14/h3-9,15,17H,1-2,10-13H2/t15-/m0/s1. The molecule has 0 bridgehead atoms. The Hall–Kier alpha value is -1.38. The van der Waals surface area contributed by atoms with Gasteiger partial charge in [-0.05, 0) is 12.0 Å². The zero-order valence-corrected chi connectivity index (χ0v) is 10.3. The molecule has 1 aromatic rings. The third kappa shape index (κ3) is 4.98. The van der Waals surface area contributed by atoms with Crippen LogP contribution in [-0.4, -0.2) is 29.6 Å². The Kier molecular flexibility index (Phi) is 6.30.